The third-order valence-corrected chi connectivity index (χ3v) is 8.82. The first-order valence-electron chi connectivity index (χ1n) is 11.0. The van der Waals surface area contributed by atoms with Gasteiger partial charge in [0.25, 0.3) is 0 Å². The van der Waals surface area contributed by atoms with Crippen LogP contribution in [-0.4, -0.2) is 37.5 Å². The van der Waals surface area contributed by atoms with Gasteiger partial charge in [0.2, 0.25) is 0 Å². The van der Waals surface area contributed by atoms with E-state index < -0.39 is 44.6 Å². The van der Waals surface area contributed by atoms with E-state index in [0.29, 0.717) is 49.7 Å². The number of aryl methyl sites for hydroxylation is 1. The van der Waals surface area contributed by atoms with Crippen molar-refractivity contribution in [2.45, 2.75) is 75.6 Å². The Balaban J connectivity index is 1.83. The van der Waals surface area contributed by atoms with Crippen LogP contribution in [0.25, 0.3) is 0 Å². The van der Waals surface area contributed by atoms with Crippen LogP contribution in [0.1, 0.15) is 50.7 Å². The van der Waals surface area contributed by atoms with Crippen LogP contribution in [0.4, 0.5) is 39.5 Å². The Hall–Kier alpha value is -1.99. The molecule has 36 heavy (non-hydrogen) atoms. The fourth-order valence-electron chi connectivity index (χ4n) is 5.16. The molecule has 14 heteroatoms. The molecule has 1 aromatic rings. The van der Waals surface area contributed by atoms with Crippen LogP contribution in [0.15, 0.2) is 18.2 Å². The van der Waals surface area contributed by atoms with E-state index in [2.05, 4.69) is 4.18 Å². The number of Topliss-reactive ketones (excluding diaryl/α,β-unsaturated/α-hetero) is 1. The van der Waals surface area contributed by atoms with E-state index in [1.165, 1.54) is 6.07 Å². The van der Waals surface area contributed by atoms with Crippen molar-refractivity contribution in [2.24, 2.45) is 17.3 Å². The number of rotatable bonds is 7. The first-order chi connectivity index (χ1) is 16.2. The zero-order chi connectivity index (χ0) is 27.5. The van der Waals surface area contributed by atoms with Gasteiger partial charge in [0, 0.05) is 11.8 Å². The van der Waals surface area contributed by atoms with E-state index in [1.807, 2.05) is 13.8 Å². The smallest absolute Gasteiger partial charge is 0.378 e. The van der Waals surface area contributed by atoms with E-state index in [1.54, 1.807) is 0 Å². The van der Waals surface area contributed by atoms with E-state index in [-0.39, 0.29) is 17.6 Å². The molecule has 0 bridgehead atoms. The van der Waals surface area contributed by atoms with Crippen molar-refractivity contribution in [3.8, 4) is 5.75 Å². The van der Waals surface area contributed by atoms with E-state index in [4.69, 9.17) is 0 Å². The highest BCUT2D eigenvalue weighted by Gasteiger charge is 2.86. The minimum atomic E-state index is -7.36. The third kappa shape index (κ3) is 4.26. The second-order valence-corrected chi connectivity index (χ2v) is 11.1. The molecule has 0 aromatic heterocycles. The number of halogens is 9. The van der Waals surface area contributed by atoms with Gasteiger partial charge in [-0.3, -0.25) is 4.79 Å². The molecule has 0 aliphatic heterocycles. The first-order valence-corrected chi connectivity index (χ1v) is 12.4. The zero-order valence-corrected chi connectivity index (χ0v) is 19.9. The molecular weight excluding hydrogens is 531 g/mol. The molecule has 0 unspecified atom stereocenters. The topological polar surface area (TPSA) is 60.4 Å². The Kier molecular flexibility index (Phi) is 6.98. The van der Waals surface area contributed by atoms with Crippen molar-refractivity contribution in [2.75, 3.05) is 0 Å². The van der Waals surface area contributed by atoms with E-state index >= 15 is 0 Å². The van der Waals surface area contributed by atoms with Crippen molar-refractivity contribution in [3.63, 3.8) is 0 Å². The molecule has 0 radical (unpaired) electrons. The highest BCUT2D eigenvalue weighted by atomic mass is 32.2. The maximum atomic E-state index is 13.9. The van der Waals surface area contributed by atoms with Crippen molar-refractivity contribution in [1.82, 2.24) is 0 Å². The Morgan fingerprint density at radius 1 is 0.944 bits per heavy atom. The average molecular weight is 554 g/mol. The number of ketones is 1. The fourth-order valence-corrected chi connectivity index (χ4v) is 6.07. The number of alkyl halides is 9. The summed E-state index contributed by atoms with van der Waals surface area (Å²) >= 11 is 0. The summed E-state index contributed by atoms with van der Waals surface area (Å²) in [5.41, 5.74) is 0.584. The van der Waals surface area contributed by atoms with Gasteiger partial charge in [0.05, 0.1) is 0 Å². The molecule has 4 nitrogen and oxygen atoms in total. The standard InChI is InChI=1S/C22H23F9O4S/c1-3-18(2)16(8-9-17(18)32)14-5-4-13-11-15(7-6-12(13)10-14)35-36(33,34)22(30,31)20(25,26)19(23,24)21(27,28)29/h6-7,11,14,16H,3-5,8-10H2,1-2H3/t14-,16+,18+/m1/s1. The Morgan fingerprint density at radius 3 is 2.11 bits per heavy atom. The quantitative estimate of drug-likeness (QED) is 0.292. The van der Waals surface area contributed by atoms with Crippen molar-refractivity contribution in [1.29, 1.82) is 0 Å². The van der Waals surface area contributed by atoms with Gasteiger partial charge in [-0.2, -0.15) is 47.9 Å². The molecule has 0 amide bonds. The summed E-state index contributed by atoms with van der Waals surface area (Å²) in [6.45, 7) is 3.82. The lowest BCUT2D eigenvalue weighted by Crippen LogP contribution is -2.63. The normalized spacial score (nSPS) is 26.1. The fraction of sp³-hybridized carbons (Fsp3) is 0.682. The van der Waals surface area contributed by atoms with Crippen molar-refractivity contribution in [3.05, 3.63) is 29.3 Å². The van der Waals surface area contributed by atoms with Crippen LogP contribution in [0.3, 0.4) is 0 Å². The minimum absolute atomic E-state index is 0.0932. The second kappa shape index (κ2) is 8.80. The monoisotopic (exact) mass is 554 g/mol. The number of carbonyl (C=O) groups excluding carboxylic acids is 1. The van der Waals surface area contributed by atoms with Crippen LogP contribution >= 0.6 is 0 Å². The maximum absolute atomic E-state index is 13.9. The number of benzene rings is 1. The second-order valence-electron chi connectivity index (χ2n) is 9.47. The van der Waals surface area contributed by atoms with Gasteiger partial charge in [-0.25, -0.2) is 0 Å². The van der Waals surface area contributed by atoms with Gasteiger partial charge < -0.3 is 4.18 Å². The molecule has 204 valence electrons. The largest absolute Gasteiger partial charge is 0.460 e. The lowest BCUT2D eigenvalue weighted by atomic mass is 9.66. The first kappa shape index (κ1) is 28.6. The number of fused-ring (bicyclic) bond motifs is 1. The lowest BCUT2D eigenvalue weighted by molar-refractivity contribution is -0.382. The zero-order valence-electron chi connectivity index (χ0n) is 19.1. The summed E-state index contributed by atoms with van der Waals surface area (Å²) in [4.78, 5) is 12.4. The van der Waals surface area contributed by atoms with Crippen LogP contribution in [-0.2, 0) is 27.8 Å². The van der Waals surface area contributed by atoms with Crippen LogP contribution in [0.5, 0.6) is 5.75 Å². The van der Waals surface area contributed by atoms with Gasteiger partial charge in [-0.05, 0) is 67.2 Å². The van der Waals surface area contributed by atoms with Gasteiger partial charge in [0.1, 0.15) is 11.5 Å². The summed E-state index contributed by atoms with van der Waals surface area (Å²) in [6, 6.07) is 3.05. The molecule has 0 saturated heterocycles. The van der Waals surface area contributed by atoms with Crippen molar-refractivity contribution < 1.29 is 56.9 Å². The number of carbonyl (C=O) groups is 1. The van der Waals surface area contributed by atoms with Crippen LogP contribution < -0.4 is 4.18 Å². The predicted molar refractivity (Wildman–Crippen MR) is 109 cm³/mol. The Labute approximate surface area is 201 Å². The predicted octanol–water partition coefficient (Wildman–Crippen LogP) is 6.32. The number of hydrogen-bond donors (Lipinski definition) is 0. The summed E-state index contributed by atoms with van der Waals surface area (Å²) in [6.07, 6.45) is -4.05. The Bertz CT molecular complexity index is 1130. The summed E-state index contributed by atoms with van der Waals surface area (Å²) in [5, 5.41) is -6.92. The molecule has 2 aliphatic rings. The summed E-state index contributed by atoms with van der Waals surface area (Å²) in [7, 11) is -6.99. The summed E-state index contributed by atoms with van der Waals surface area (Å²) in [5.74, 6) is -15.3. The van der Waals surface area contributed by atoms with Gasteiger partial charge in [-0.1, -0.05) is 19.9 Å². The van der Waals surface area contributed by atoms with Crippen molar-refractivity contribution >= 4 is 15.9 Å². The molecule has 3 rings (SSSR count). The molecule has 0 heterocycles. The highest BCUT2D eigenvalue weighted by molar-refractivity contribution is 7.88. The molecule has 1 saturated carbocycles. The SMILES string of the molecule is CC[C@]1(C)C(=O)CC[C@H]1[C@@H]1CCc2cc(OS(=O)(=O)C(F)(F)C(F)(F)C(F)(F)C(F)(F)F)ccc2C1. The molecular formula is C22H23F9O4S. The molecule has 0 spiro atoms. The number of hydrogen-bond acceptors (Lipinski definition) is 4. The minimum Gasteiger partial charge on any atom is -0.378 e. The molecule has 1 aromatic carbocycles. The molecule has 2 aliphatic carbocycles. The lowest BCUT2D eigenvalue weighted by Gasteiger charge is -2.38. The average Bonchev–Trinajstić information content (AvgIpc) is 3.06. The maximum Gasteiger partial charge on any atom is 0.460 e. The third-order valence-electron chi connectivity index (χ3n) is 7.52. The van der Waals surface area contributed by atoms with Gasteiger partial charge >= 0.3 is 33.4 Å². The van der Waals surface area contributed by atoms with E-state index in [0.717, 1.165) is 12.1 Å². The van der Waals surface area contributed by atoms with E-state index in [9.17, 15) is 52.7 Å². The summed E-state index contributed by atoms with van der Waals surface area (Å²) < 4.78 is 145. The van der Waals surface area contributed by atoms with Crippen LogP contribution in [0.2, 0.25) is 0 Å². The highest BCUT2D eigenvalue weighted by Crippen LogP contribution is 2.55. The molecule has 3 atom stereocenters. The molecule has 1 fully saturated rings. The van der Waals surface area contributed by atoms with Crippen LogP contribution in [0, 0.1) is 17.3 Å². The Morgan fingerprint density at radius 2 is 1.56 bits per heavy atom. The van der Waals surface area contributed by atoms with Gasteiger partial charge in [0.15, 0.2) is 0 Å². The van der Waals surface area contributed by atoms with Gasteiger partial charge in [-0.15, -0.1) is 0 Å². The molecule has 0 N–H and O–H groups in total.